The number of fused-ring (bicyclic) bond motifs is 1. The summed E-state index contributed by atoms with van der Waals surface area (Å²) in [6.07, 6.45) is 3.91. The van der Waals surface area contributed by atoms with Gasteiger partial charge in [0.1, 0.15) is 34.0 Å². The number of benzene rings is 2. The van der Waals surface area contributed by atoms with Gasteiger partial charge in [-0.3, -0.25) is 9.69 Å². The van der Waals surface area contributed by atoms with Crippen molar-refractivity contribution in [2.45, 2.75) is 84.5 Å². The summed E-state index contributed by atoms with van der Waals surface area (Å²) in [6.45, 7) is 10.8. The lowest BCUT2D eigenvalue weighted by atomic mass is 9.84. The Kier molecular flexibility index (Phi) is 9.02. The maximum atomic E-state index is 13.5. The molecule has 2 aliphatic rings. The van der Waals surface area contributed by atoms with Gasteiger partial charge >= 0.3 is 6.09 Å². The van der Waals surface area contributed by atoms with Crippen molar-refractivity contribution in [3.05, 3.63) is 53.1 Å². The number of likely N-dealkylation sites (tertiary alicyclic amines) is 1. The van der Waals surface area contributed by atoms with Crippen molar-refractivity contribution < 1.29 is 19.1 Å². The number of nitriles is 1. The van der Waals surface area contributed by atoms with Gasteiger partial charge in [0.05, 0.1) is 17.7 Å². The van der Waals surface area contributed by atoms with E-state index in [1.54, 1.807) is 17.0 Å². The molecule has 3 aromatic rings. The average molecular weight is 602 g/mol. The zero-order valence-corrected chi connectivity index (χ0v) is 26.4. The van der Waals surface area contributed by atoms with E-state index in [9.17, 15) is 14.9 Å². The number of ether oxygens (including phenoxy) is 2. The zero-order valence-electron chi connectivity index (χ0n) is 25.6. The van der Waals surface area contributed by atoms with Gasteiger partial charge in [-0.25, -0.2) is 4.79 Å². The Balaban J connectivity index is 1.46. The lowest BCUT2D eigenvalue weighted by Crippen LogP contribution is -2.46. The van der Waals surface area contributed by atoms with E-state index in [0.717, 1.165) is 72.5 Å². The van der Waals surface area contributed by atoms with E-state index in [0.29, 0.717) is 16.3 Å². The fraction of sp³-hybridized carbons (Fsp3) is 0.485. The third-order valence-corrected chi connectivity index (χ3v) is 8.61. The van der Waals surface area contributed by atoms with Crippen molar-refractivity contribution in [3.63, 3.8) is 0 Å². The van der Waals surface area contributed by atoms with E-state index in [1.165, 1.54) is 11.3 Å². The van der Waals surface area contributed by atoms with Crippen LogP contribution in [0.25, 0.3) is 21.1 Å². The molecule has 0 saturated carbocycles. The van der Waals surface area contributed by atoms with Crippen molar-refractivity contribution in [1.82, 2.24) is 20.0 Å². The summed E-state index contributed by atoms with van der Waals surface area (Å²) in [4.78, 5) is 30.3. The molecule has 0 unspecified atom stereocenters. The lowest BCUT2D eigenvalue weighted by molar-refractivity contribution is -0.132. The number of rotatable bonds is 7. The number of aromatic nitrogens is 2. The van der Waals surface area contributed by atoms with Crippen LogP contribution in [0.4, 0.5) is 4.79 Å². The molecule has 1 fully saturated rings. The molecule has 0 radical (unpaired) electrons. The van der Waals surface area contributed by atoms with Gasteiger partial charge in [0, 0.05) is 24.2 Å². The summed E-state index contributed by atoms with van der Waals surface area (Å²) in [5.41, 5.74) is 3.67. The Morgan fingerprint density at radius 1 is 1.12 bits per heavy atom. The second-order valence-corrected chi connectivity index (χ2v) is 13.4. The molecule has 9 nitrogen and oxygen atoms in total. The lowest BCUT2D eigenvalue weighted by Gasteiger charge is -2.37. The van der Waals surface area contributed by atoms with E-state index >= 15 is 0 Å². The fourth-order valence-corrected chi connectivity index (χ4v) is 6.63. The van der Waals surface area contributed by atoms with Crippen LogP contribution in [-0.4, -0.2) is 63.3 Å². The third kappa shape index (κ3) is 6.99. The molecule has 2 amide bonds. The summed E-state index contributed by atoms with van der Waals surface area (Å²) in [5, 5.41) is 20.2. The van der Waals surface area contributed by atoms with Gasteiger partial charge in [0.15, 0.2) is 0 Å². The summed E-state index contributed by atoms with van der Waals surface area (Å²) in [6, 6.07) is 13.5. The van der Waals surface area contributed by atoms with Crippen molar-refractivity contribution in [1.29, 1.82) is 5.26 Å². The third-order valence-electron chi connectivity index (χ3n) is 7.61. The maximum Gasteiger partial charge on any atom is 0.411 e. The SMILES string of the molecule is CC(C)Oc1ccc(-c2nnc(-c3cccc4c3CCC[C@@H]4N(CC(=O)N3CCCC3)C(=O)OC(C)(C)C)s2)cc1C#N. The molecule has 0 bridgehead atoms. The number of hydrogen-bond donors (Lipinski definition) is 0. The normalized spacial score (nSPS) is 16.5. The van der Waals surface area contributed by atoms with E-state index in [1.807, 2.05) is 57.7 Å². The monoisotopic (exact) mass is 601 g/mol. The molecule has 2 heterocycles. The predicted octanol–water partition coefficient (Wildman–Crippen LogP) is 6.77. The quantitative estimate of drug-likeness (QED) is 0.294. The highest BCUT2D eigenvalue weighted by Crippen LogP contribution is 2.41. The highest BCUT2D eigenvalue weighted by atomic mass is 32.1. The van der Waals surface area contributed by atoms with E-state index < -0.39 is 11.7 Å². The van der Waals surface area contributed by atoms with E-state index in [2.05, 4.69) is 22.3 Å². The van der Waals surface area contributed by atoms with Crippen LogP contribution in [0.2, 0.25) is 0 Å². The number of amides is 2. The molecule has 0 N–H and O–H groups in total. The Bertz CT molecular complexity index is 1530. The minimum atomic E-state index is -0.682. The molecule has 5 rings (SSSR count). The minimum Gasteiger partial charge on any atom is -0.490 e. The van der Waals surface area contributed by atoms with Crippen LogP contribution in [0.3, 0.4) is 0 Å². The molecule has 226 valence electrons. The zero-order chi connectivity index (χ0) is 30.7. The van der Waals surface area contributed by atoms with Gasteiger partial charge in [-0.2, -0.15) is 5.26 Å². The van der Waals surface area contributed by atoms with Crippen molar-refractivity contribution >= 4 is 23.3 Å². The molecule has 43 heavy (non-hydrogen) atoms. The molecule has 10 heteroatoms. The van der Waals surface area contributed by atoms with Crippen LogP contribution in [-0.2, 0) is 16.0 Å². The van der Waals surface area contributed by atoms with Crippen molar-refractivity contribution in [3.8, 4) is 33.0 Å². The van der Waals surface area contributed by atoms with Crippen molar-refractivity contribution in [2.24, 2.45) is 0 Å². The first kappa shape index (κ1) is 30.5. The average Bonchev–Trinajstić information content (AvgIpc) is 3.68. The Morgan fingerprint density at radius 3 is 2.56 bits per heavy atom. The van der Waals surface area contributed by atoms with Gasteiger partial charge in [0.25, 0.3) is 0 Å². The topological polar surface area (TPSA) is 109 Å². The summed E-state index contributed by atoms with van der Waals surface area (Å²) in [5.74, 6) is 0.508. The number of hydrogen-bond acceptors (Lipinski definition) is 8. The fourth-order valence-electron chi connectivity index (χ4n) is 5.74. The van der Waals surface area contributed by atoms with Gasteiger partial charge in [-0.15, -0.1) is 10.2 Å². The summed E-state index contributed by atoms with van der Waals surface area (Å²) < 4.78 is 11.6. The smallest absolute Gasteiger partial charge is 0.411 e. The first-order chi connectivity index (χ1) is 20.5. The molecule has 1 atom stereocenters. The van der Waals surface area contributed by atoms with Crippen LogP contribution in [0.15, 0.2) is 36.4 Å². The number of carbonyl (C=O) groups excluding carboxylic acids is 2. The molecule has 0 spiro atoms. The second kappa shape index (κ2) is 12.7. The second-order valence-electron chi connectivity index (χ2n) is 12.4. The highest BCUT2D eigenvalue weighted by Gasteiger charge is 2.36. The minimum absolute atomic E-state index is 0.00997. The molecule has 1 aliphatic heterocycles. The predicted molar refractivity (Wildman–Crippen MR) is 166 cm³/mol. The van der Waals surface area contributed by atoms with Crippen molar-refractivity contribution in [2.75, 3.05) is 19.6 Å². The molecule has 1 saturated heterocycles. The van der Waals surface area contributed by atoms with Gasteiger partial charge in [0.2, 0.25) is 5.91 Å². The molecule has 1 aromatic heterocycles. The molecule has 1 aliphatic carbocycles. The van der Waals surface area contributed by atoms with E-state index in [-0.39, 0.29) is 24.6 Å². The Morgan fingerprint density at radius 2 is 1.86 bits per heavy atom. The summed E-state index contributed by atoms with van der Waals surface area (Å²) >= 11 is 1.46. The molecular formula is C33H39N5O4S. The van der Waals surface area contributed by atoms with Crippen LogP contribution in [0.1, 0.15) is 83.0 Å². The first-order valence-electron chi connectivity index (χ1n) is 15.0. The highest BCUT2D eigenvalue weighted by molar-refractivity contribution is 7.17. The first-order valence-corrected chi connectivity index (χ1v) is 15.8. The van der Waals surface area contributed by atoms with Gasteiger partial charge in [-0.05, 0) is 96.0 Å². The largest absolute Gasteiger partial charge is 0.490 e. The molecular weight excluding hydrogens is 562 g/mol. The van der Waals surface area contributed by atoms with Crippen LogP contribution >= 0.6 is 11.3 Å². The van der Waals surface area contributed by atoms with Crippen LogP contribution < -0.4 is 4.74 Å². The van der Waals surface area contributed by atoms with Crippen LogP contribution in [0, 0.1) is 11.3 Å². The Labute approximate surface area is 257 Å². The molecule has 2 aromatic carbocycles. The van der Waals surface area contributed by atoms with Gasteiger partial charge < -0.3 is 14.4 Å². The maximum absolute atomic E-state index is 13.5. The number of carbonyl (C=O) groups is 2. The Hall–Kier alpha value is -3.97. The standard InChI is InChI=1S/C33H39N5O4S/c1-21(2)41-28-15-14-22(18-23(28)19-34)30-35-36-31(43-30)26-12-8-11-25-24(26)10-9-13-27(25)38(32(40)42-33(3,4)5)20-29(39)37-16-6-7-17-37/h8,11-12,14-15,18,21,27H,6-7,9-10,13,16-17,20H2,1-5H3/t27-/m0/s1. The van der Waals surface area contributed by atoms with Crippen LogP contribution in [0.5, 0.6) is 5.75 Å². The van der Waals surface area contributed by atoms with Gasteiger partial charge in [-0.1, -0.05) is 29.5 Å². The number of nitrogens with zero attached hydrogens (tertiary/aromatic N) is 5. The van der Waals surface area contributed by atoms with E-state index in [4.69, 9.17) is 9.47 Å². The summed E-state index contributed by atoms with van der Waals surface area (Å²) in [7, 11) is 0.